The van der Waals surface area contributed by atoms with Crippen molar-refractivity contribution in [3.8, 4) is 6.19 Å². The number of nitrogens with zero attached hydrogens (tertiary/aromatic N) is 2. The second-order valence-corrected chi connectivity index (χ2v) is 3.16. The average molecular weight is 187 g/mol. The van der Waals surface area contributed by atoms with Crippen molar-refractivity contribution in [2.24, 2.45) is 0 Å². The van der Waals surface area contributed by atoms with Gasteiger partial charge in [0.1, 0.15) is 0 Å². The Morgan fingerprint density at radius 3 is 3.07 bits per heavy atom. The summed E-state index contributed by atoms with van der Waals surface area (Å²) in [5.74, 6) is 0. The van der Waals surface area contributed by atoms with Crippen LogP contribution >= 0.6 is 0 Å². The SMILES string of the molecule is N#CN1Cc2cccc(NC=O)c2C1. The van der Waals surface area contributed by atoms with Crippen LogP contribution in [-0.4, -0.2) is 11.3 Å². The fourth-order valence-corrected chi connectivity index (χ4v) is 1.69. The van der Waals surface area contributed by atoms with E-state index >= 15 is 0 Å². The van der Waals surface area contributed by atoms with Crippen molar-refractivity contribution in [1.29, 1.82) is 5.26 Å². The van der Waals surface area contributed by atoms with Crippen LogP contribution in [0.15, 0.2) is 18.2 Å². The van der Waals surface area contributed by atoms with E-state index in [0.717, 1.165) is 16.8 Å². The van der Waals surface area contributed by atoms with E-state index in [1.54, 1.807) is 4.90 Å². The number of fused-ring (bicyclic) bond motifs is 1. The second-order valence-electron chi connectivity index (χ2n) is 3.16. The maximum absolute atomic E-state index is 10.3. The Labute approximate surface area is 81.7 Å². The molecule has 1 aromatic carbocycles. The Balaban J connectivity index is 2.36. The van der Waals surface area contributed by atoms with Crippen LogP contribution in [0.25, 0.3) is 0 Å². The molecule has 0 radical (unpaired) electrons. The molecule has 1 aromatic rings. The zero-order valence-electron chi connectivity index (χ0n) is 7.53. The summed E-state index contributed by atoms with van der Waals surface area (Å²) >= 11 is 0. The molecule has 0 saturated carbocycles. The molecular weight excluding hydrogens is 178 g/mol. The molecule has 14 heavy (non-hydrogen) atoms. The third-order valence-corrected chi connectivity index (χ3v) is 2.34. The molecule has 0 bridgehead atoms. The summed E-state index contributed by atoms with van der Waals surface area (Å²) in [7, 11) is 0. The lowest BCUT2D eigenvalue weighted by Gasteiger charge is -2.05. The number of hydrogen-bond donors (Lipinski definition) is 1. The molecule has 0 saturated heterocycles. The van der Waals surface area contributed by atoms with Gasteiger partial charge in [0, 0.05) is 11.3 Å². The fraction of sp³-hybridized carbons (Fsp3) is 0.200. The van der Waals surface area contributed by atoms with Crippen LogP contribution in [0.3, 0.4) is 0 Å². The first-order valence-electron chi connectivity index (χ1n) is 4.31. The third kappa shape index (κ3) is 1.29. The molecular formula is C10H9N3O. The highest BCUT2D eigenvalue weighted by molar-refractivity contribution is 5.74. The quantitative estimate of drug-likeness (QED) is 0.556. The monoisotopic (exact) mass is 187 g/mol. The predicted octanol–water partition coefficient (Wildman–Crippen LogP) is 1.05. The second kappa shape index (κ2) is 3.38. The molecule has 1 N–H and O–H groups in total. The molecule has 0 atom stereocenters. The Bertz CT molecular complexity index is 408. The van der Waals surface area contributed by atoms with Gasteiger partial charge in [-0.2, -0.15) is 5.26 Å². The molecule has 0 fully saturated rings. The van der Waals surface area contributed by atoms with Crippen molar-refractivity contribution < 1.29 is 4.79 Å². The number of rotatable bonds is 2. The van der Waals surface area contributed by atoms with E-state index in [9.17, 15) is 4.79 Å². The molecule has 0 unspecified atom stereocenters. The van der Waals surface area contributed by atoms with E-state index in [1.165, 1.54) is 0 Å². The van der Waals surface area contributed by atoms with Gasteiger partial charge >= 0.3 is 0 Å². The van der Waals surface area contributed by atoms with Gasteiger partial charge in [-0.15, -0.1) is 0 Å². The van der Waals surface area contributed by atoms with Crippen molar-refractivity contribution >= 4 is 12.1 Å². The van der Waals surface area contributed by atoms with Gasteiger partial charge in [0.15, 0.2) is 6.19 Å². The number of hydrogen-bond acceptors (Lipinski definition) is 3. The van der Waals surface area contributed by atoms with E-state index in [1.807, 2.05) is 18.2 Å². The van der Waals surface area contributed by atoms with E-state index in [4.69, 9.17) is 5.26 Å². The van der Waals surface area contributed by atoms with Crippen molar-refractivity contribution in [3.63, 3.8) is 0 Å². The number of nitriles is 1. The lowest BCUT2D eigenvalue weighted by atomic mass is 10.1. The topological polar surface area (TPSA) is 56.1 Å². The van der Waals surface area contributed by atoms with Crippen molar-refractivity contribution in [3.05, 3.63) is 29.3 Å². The fourth-order valence-electron chi connectivity index (χ4n) is 1.69. The molecule has 4 heteroatoms. The van der Waals surface area contributed by atoms with E-state index in [-0.39, 0.29) is 0 Å². The van der Waals surface area contributed by atoms with Gasteiger partial charge in [-0.25, -0.2) is 0 Å². The van der Waals surface area contributed by atoms with Crippen LogP contribution < -0.4 is 5.32 Å². The molecule has 0 aromatic heterocycles. The van der Waals surface area contributed by atoms with Gasteiger partial charge in [-0.05, 0) is 11.6 Å². The van der Waals surface area contributed by atoms with Crippen LogP contribution in [-0.2, 0) is 17.9 Å². The van der Waals surface area contributed by atoms with E-state index in [2.05, 4.69) is 11.5 Å². The highest BCUT2D eigenvalue weighted by Gasteiger charge is 2.19. The van der Waals surface area contributed by atoms with Gasteiger partial charge in [0.25, 0.3) is 0 Å². The number of carbonyl (C=O) groups excluding carboxylic acids is 1. The molecule has 0 aliphatic carbocycles. The third-order valence-electron chi connectivity index (χ3n) is 2.34. The average Bonchev–Trinajstić information content (AvgIpc) is 2.62. The number of amides is 1. The minimum absolute atomic E-state index is 0.586. The van der Waals surface area contributed by atoms with Gasteiger partial charge in [0.2, 0.25) is 6.41 Å². The summed E-state index contributed by atoms with van der Waals surface area (Å²) in [4.78, 5) is 12.0. The Hall–Kier alpha value is -2.02. The number of anilines is 1. The lowest BCUT2D eigenvalue weighted by molar-refractivity contribution is -0.105. The minimum atomic E-state index is 0.586. The summed E-state index contributed by atoms with van der Waals surface area (Å²) in [5.41, 5.74) is 2.95. The van der Waals surface area contributed by atoms with Crippen molar-refractivity contribution in [2.75, 3.05) is 5.32 Å². The van der Waals surface area contributed by atoms with Crippen LogP contribution in [0, 0.1) is 11.5 Å². The standard InChI is InChI=1S/C10H9N3O/c11-6-13-4-8-2-1-3-10(12-7-14)9(8)5-13/h1-3,7H,4-5H2,(H,12,14). The maximum atomic E-state index is 10.3. The normalized spacial score (nSPS) is 13.2. The summed E-state index contributed by atoms with van der Waals surface area (Å²) < 4.78 is 0. The highest BCUT2D eigenvalue weighted by atomic mass is 16.1. The molecule has 0 spiro atoms. The summed E-state index contributed by atoms with van der Waals surface area (Å²) in [6.45, 7) is 1.23. The number of benzene rings is 1. The molecule has 1 heterocycles. The zero-order valence-corrected chi connectivity index (χ0v) is 7.53. The molecule has 1 aliphatic heterocycles. The zero-order chi connectivity index (χ0) is 9.97. The number of carbonyl (C=O) groups is 1. The summed E-state index contributed by atoms with van der Waals surface area (Å²) in [5, 5.41) is 11.4. The first-order valence-corrected chi connectivity index (χ1v) is 4.31. The Morgan fingerprint density at radius 2 is 2.36 bits per heavy atom. The molecule has 1 amide bonds. The maximum Gasteiger partial charge on any atom is 0.211 e. The van der Waals surface area contributed by atoms with E-state index in [0.29, 0.717) is 19.5 Å². The smallest absolute Gasteiger partial charge is 0.211 e. The van der Waals surface area contributed by atoms with Gasteiger partial charge < -0.3 is 10.2 Å². The molecule has 1 aliphatic rings. The highest BCUT2D eigenvalue weighted by Crippen LogP contribution is 2.28. The minimum Gasteiger partial charge on any atom is -0.328 e. The van der Waals surface area contributed by atoms with Crippen molar-refractivity contribution in [2.45, 2.75) is 13.1 Å². The molecule has 70 valence electrons. The van der Waals surface area contributed by atoms with Crippen LogP contribution in [0.1, 0.15) is 11.1 Å². The van der Waals surface area contributed by atoms with Crippen LogP contribution in [0.5, 0.6) is 0 Å². The van der Waals surface area contributed by atoms with Crippen LogP contribution in [0.4, 0.5) is 5.69 Å². The Kier molecular flexibility index (Phi) is 2.07. The van der Waals surface area contributed by atoms with Crippen molar-refractivity contribution in [1.82, 2.24) is 4.90 Å². The first kappa shape index (κ1) is 8.57. The van der Waals surface area contributed by atoms with Gasteiger partial charge in [-0.3, -0.25) is 4.79 Å². The van der Waals surface area contributed by atoms with E-state index < -0.39 is 0 Å². The summed E-state index contributed by atoms with van der Waals surface area (Å²) in [6, 6.07) is 5.70. The largest absolute Gasteiger partial charge is 0.328 e. The Morgan fingerprint density at radius 1 is 1.50 bits per heavy atom. The molecule has 4 nitrogen and oxygen atoms in total. The first-order chi connectivity index (χ1) is 6.85. The van der Waals surface area contributed by atoms with Crippen LogP contribution in [0.2, 0.25) is 0 Å². The predicted molar refractivity (Wildman–Crippen MR) is 51.0 cm³/mol. The lowest BCUT2D eigenvalue weighted by Crippen LogP contribution is -2.07. The van der Waals surface area contributed by atoms with Gasteiger partial charge in [-0.1, -0.05) is 12.1 Å². The summed E-state index contributed by atoms with van der Waals surface area (Å²) in [6.07, 6.45) is 2.75. The van der Waals surface area contributed by atoms with Gasteiger partial charge in [0.05, 0.1) is 13.1 Å². The molecule has 2 rings (SSSR count). The number of nitrogens with one attached hydrogen (secondary N) is 1.